The normalized spacial score (nSPS) is 13.7. The van der Waals surface area contributed by atoms with Gasteiger partial charge in [0.05, 0.1) is 4.92 Å². The molecule has 2 aromatic rings. The van der Waals surface area contributed by atoms with Gasteiger partial charge in [0.15, 0.2) is 0 Å². The van der Waals surface area contributed by atoms with Crippen LogP contribution in [0.1, 0.15) is 25.3 Å². The minimum absolute atomic E-state index is 0.0974. The molecule has 0 spiro atoms. The fourth-order valence-corrected chi connectivity index (χ4v) is 2.09. The molecule has 3 rings (SSSR count). The van der Waals surface area contributed by atoms with Crippen LogP contribution in [0.25, 0.3) is 0 Å². The Labute approximate surface area is 127 Å². The number of nitro groups is 1. The zero-order chi connectivity index (χ0) is 15.5. The van der Waals surface area contributed by atoms with Crippen LogP contribution in [0.5, 0.6) is 0 Å². The molecule has 0 radical (unpaired) electrons. The molecule has 7 heteroatoms. The molecular weight excluding hydrogens is 282 g/mol. The van der Waals surface area contributed by atoms with Crippen LogP contribution in [0.15, 0.2) is 30.5 Å². The number of benzene rings is 1. The van der Waals surface area contributed by atoms with Gasteiger partial charge in [0.2, 0.25) is 11.8 Å². The molecule has 1 aliphatic carbocycles. The summed E-state index contributed by atoms with van der Waals surface area (Å²) in [4.78, 5) is 18.9. The number of hydrogen-bond acceptors (Lipinski definition) is 6. The van der Waals surface area contributed by atoms with Gasteiger partial charge < -0.3 is 10.6 Å². The Morgan fingerprint density at radius 3 is 2.91 bits per heavy atom. The van der Waals surface area contributed by atoms with Crippen molar-refractivity contribution in [3.8, 4) is 0 Å². The van der Waals surface area contributed by atoms with Crippen molar-refractivity contribution in [2.24, 2.45) is 0 Å². The maximum atomic E-state index is 11.0. The molecule has 22 heavy (non-hydrogen) atoms. The summed E-state index contributed by atoms with van der Waals surface area (Å²) < 4.78 is 0. The number of hydrogen-bond donors (Lipinski definition) is 2. The average Bonchev–Trinajstić information content (AvgIpc) is 3.31. The largest absolute Gasteiger partial charge is 0.361 e. The SMILES string of the molecule is CCc1cccc(Nc2ncc([N+](=O)[O-])c(NC3CC3)n2)c1. The van der Waals surface area contributed by atoms with Crippen molar-refractivity contribution in [2.45, 2.75) is 32.2 Å². The maximum absolute atomic E-state index is 11.0. The van der Waals surface area contributed by atoms with Crippen LogP contribution in [0, 0.1) is 10.1 Å². The highest BCUT2D eigenvalue weighted by atomic mass is 16.6. The van der Waals surface area contributed by atoms with Crippen molar-refractivity contribution >= 4 is 23.1 Å². The van der Waals surface area contributed by atoms with Gasteiger partial charge in [0.25, 0.3) is 0 Å². The predicted octanol–water partition coefficient (Wildman–Crippen LogP) is 3.27. The van der Waals surface area contributed by atoms with Gasteiger partial charge in [0, 0.05) is 11.7 Å². The van der Waals surface area contributed by atoms with Crippen molar-refractivity contribution in [1.29, 1.82) is 0 Å². The highest BCUT2D eigenvalue weighted by Crippen LogP contribution is 2.30. The monoisotopic (exact) mass is 299 g/mol. The first-order valence-electron chi connectivity index (χ1n) is 7.29. The van der Waals surface area contributed by atoms with Gasteiger partial charge in [-0.25, -0.2) is 4.98 Å². The summed E-state index contributed by atoms with van der Waals surface area (Å²) in [5.74, 6) is 0.624. The quantitative estimate of drug-likeness (QED) is 0.628. The standard InChI is InChI=1S/C15H17N5O2/c1-2-10-4-3-5-12(8-10)18-15-16-9-13(20(21)22)14(19-15)17-11-6-7-11/h3-5,8-9,11H,2,6-7H2,1H3,(H2,16,17,18,19). The van der Waals surface area contributed by atoms with Crippen molar-refractivity contribution in [1.82, 2.24) is 9.97 Å². The molecule has 0 bridgehead atoms. The lowest BCUT2D eigenvalue weighted by Crippen LogP contribution is -2.09. The third-order valence-corrected chi connectivity index (χ3v) is 3.48. The molecule has 1 aromatic carbocycles. The molecule has 0 atom stereocenters. The smallest absolute Gasteiger partial charge is 0.329 e. The van der Waals surface area contributed by atoms with E-state index in [-0.39, 0.29) is 17.5 Å². The minimum Gasteiger partial charge on any atom is -0.361 e. The molecule has 114 valence electrons. The number of rotatable bonds is 6. The average molecular weight is 299 g/mol. The van der Waals surface area contributed by atoms with Crippen LogP contribution in [0.2, 0.25) is 0 Å². The topological polar surface area (TPSA) is 93.0 Å². The molecule has 0 aliphatic heterocycles. The number of aryl methyl sites for hydroxylation is 1. The van der Waals surface area contributed by atoms with E-state index in [0.717, 1.165) is 24.9 Å². The molecule has 1 heterocycles. The summed E-state index contributed by atoms with van der Waals surface area (Å²) in [6.07, 6.45) is 4.21. The second kappa shape index (κ2) is 5.97. The Hall–Kier alpha value is -2.70. The third kappa shape index (κ3) is 3.30. The Morgan fingerprint density at radius 1 is 1.41 bits per heavy atom. The lowest BCUT2D eigenvalue weighted by atomic mass is 10.1. The first-order valence-corrected chi connectivity index (χ1v) is 7.29. The molecule has 1 aromatic heterocycles. The maximum Gasteiger partial charge on any atom is 0.329 e. The highest BCUT2D eigenvalue weighted by Gasteiger charge is 2.26. The van der Waals surface area contributed by atoms with E-state index in [1.54, 1.807) is 0 Å². The Morgan fingerprint density at radius 2 is 2.23 bits per heavy atom. The minimum atomic E-state index is -0.466. The molecular formula is C15H17N5O2. The van der Waals surface area contributed by atoms with Crippen LogP contribution in [-0.2, 0) is 6.42 Å². The molecule has 1 saturated carbocycles. The summed E-state index contributed by atoms with van der Waals surface area (Å²) in [5.41, 5.74) is 1.97. The second-order valence-electron chi connectivity index (χ2n) is 5.28. The fourth-order valence-electron chi connectivity index (χ4n) is 2.09. The zero-order valence-electron chi connectivity index (χ0n) is 12.2. The molecule has 2 N–H and O–H groups in total. The van der Waals surface area contributed by atoms with Gasteiger partial charge in [-0.1, -0.05) is 19.1 Å². The van der Waals surface area contributed by atoms with E-state index >= 15 is 0 Å². The summed E-state index contributed by atoms with van der Waals surface area (Å²) in [7, 11) is 0. The van der Waals surface area contributed by atoms with Crippen LogP contribution >= 0.6 is 0 Å². The molecule has 1 aliphatic rings. The fraction of sp³-hybridized carbons (Fsp3) is 0.333. The number of nitrogens with zero attached hydrogens (tertiary/aromatic N) is 3. The van der Waals surface area contributed by atoms with Crippen molar-refractivity contribution < 1.29 is 4.92 Å². The van der Waals surface area contributed by atoms with Gasteiger partial charge in [0.1, 0.15) is 6.20 Å². The molecule has 0 saturated heterocycles. The number of aromatic nitrogens is 2. The van der Waals surface area contributed by atoms with E-state index in [1.807, 2.05) is 24.3 Å². The van der Waals surface area contributed by atoms with Crippen molar-refractivity contribution in [3.05, 3.63) is 46.1 Å². The Balaban J connectivity index is 1.85. The molecule has 0 amide bonds. The summed E-state index contributed by atoms with van der Waals surface area (Å²) in [6.45, 7) is 2.08. The van der Waals surface area contributed by atoms with E-state index in [0.29, 0.717) is 5.95 Å². The lowest BCUT2D eigenvalue weighted by Gasteiger charge is -2.09. The van der Waals surface area contributed by atoms with E-state index in [2.05, 4.69) is 27.5 Å². The van der Waals surface area contributed by atoms with Crippen molar-refractivity contribution in [3.63, 3.8) is 0 Å². The van der Waals surface area contributed by atoms with Crippen molar-refractivity contribution in [2.75, 3.05) is 10.6 Å². The molecule has 7 nitrogen and oxygen atoms in total. The first-order chi connectivity index (χ1) is 10.7. The summed E-state index contributed by atoms with van der Waals surface area (Å²) in [6, 6.07) is 8.21. The van der Waals surface area contributed by atoms with Gasteiger partial charge >= 0.3 is 5.69 Å². The summed E-state index contributed by atoms with van der Waals surface area (Å²) in [5, 5.41) is 17.2. The van der Waals surface area contributed by atoms with E-state index < -0.39 is 4.92 Å². The van der Waals surface area contributed by atoms with E-state index in [1.165, 1.54) is 11.8 Å². The predicted molar refractivity (Wildman–Crippen MR) is 84.4 cm³/mol. The van der Waals surface area contributed by atoms with E-state index in [9.17, 15) is 10.1 Å². The van der Waals surface area contributed by atoms with E-state index in [4.69, 9.17) is 0 Å². The summed E-state index contributed by atoms with van der Waals surface area (Å²) >= 11 is 0. The first kappa shape index (κ1) is 14.2. The zero-order valence-corrected chi connectivity index (χ0v) is 12.2. The van der Waals surface area contributed by atoms with Crippen LogP contribution in [0.4, 0.5) is 23.1 Å². The second-order valence-corrected chi connectivity index (χ2v) is 5.28. The van der Waals surface area contributed by atoms with Gasteiger partial charge in [-0.2, -0.15) is 4.98 Å². The molecule has 0 unspecified atom stereocenters. The van der Waals surface area contributed by atoms with Crippen LogP contribution < -0.4 is 10.6 Å². The Kier molecular flexibility index (Phi) is 3.86. The van der Waals surface area contributed by atoms with Crippen LogP contribution in [-0.4, -0.2) is 20.9 Å². The molecule has 1 fully saturated rings. The van der Waals surface area contributed by atoms with Gasteiger partial charge in [-0.3, -0.25) is 10.1 Å². The van der Waals surface area contributed by atoms with Gasteiger partial charge in [-0.15, -0.1) is 0 Å². The van der Waals surface area contributed by atoms with Crippen LogP contribution in [0.3, 0.4) is 0 Å². The number of nitrogens with one attached hydrogen (secondary N) is 2. The third-order valence-electron chi connectivity index (χ3n) is 3.48. The Bertz CT molecular complexity index is 700. The van der Waals surface area contributed by atoms with Gasteiger partial charge in [-0.05, 0) is 37.0 Å². The lowest BCUT2D eigenvalue weighted by molar-refractivity contribution is -0.384. The highest BCUT2D eigenvalue weighted by molar-refractivity contribution is 5.61. The number of anilines is 3.